The molecule has 7 atom stereocenters. The molecule has 1 heterocycles. The highest BCUT2D eigenvalue weighted by molar-refractivity contribution is 5.85. The van der Waals surface area contributed by atoms with Crippen LogP contribution < -0.4 is 10.1 Å². The van der Waals surface area contributed by atoms with Gasteiger partial charge in [0.15, 0.2) is 0 Å². The van der Waals surface area contributed by atoms with Gasteiger partial charge in [-0.15, -0.1) is 0 Å². The first-order valence-corrected chi connectivity index (χ1v) is 11.4. The number of carbonyl (C=O) groups is 1. The molecule has 1 N–H and O–H groups in total. The van der Waals surface area contributed by atoms with Crippen LogP contribution in [0.5, 0.6) is 5.75 Å². The Morgan fingerprint density at radius 1 is 1.07 bits per heavy atom. The summed E-state index contributed by atoms with van der Waals surface area (Å²) >= 11 is 0. The fraction of sp³-hybridized carbons (Fsp3) is 0.720. The second-order valence-corrected chi connectivity index (χ2v) is 10.6. The number of carbonyl (C=O) groups excluding carboxylic acids is 1. The molecule has 28 heavy (non-hydrogen) atoms. The van der Waals surface area contributed by atoms with Gasteiger partial charge < -0.3 is 10.1 Å². The molecule has 4 aliphatic rings. The van der Waals surface area contributed by atoms with E-state index in [1.165, 1.54) is 44.9 Å². The summed E-state index contributed by atoms with van der Waals surface area (Å²) in [4.78, 5) is 13.0. The van der Waals surface area contributed by atoms with E-state index in [4.69, 9.17) is 4.74 Å². The van der Waals surface area contributed by atoms with Crippen LogP contribution in [0.3, 0.4) is 0 Å². The van der Waals surface area contributed by atoms with Crippen LogP contribution in [0.15, 0.2) is 24.3 Å². The highest BCUT2D eigenvalue weighted by Gasteiger charge is 2.59. The topological polar surface area (TPSA) is 38.3 Å². The highest BCUT2D eigenvalue weighted by atomic mass is 16.5. The predicted octanol–water partition coefficient (Wildman–Crippen LogP) is 5.30. The van der Waals surface area contributed by atoms with Crippen LogP contribution in [-0.2, 0) is 4.79 Å². The normalized spacial score (nSPS) is 44.8. The van der Waals surface area contributed by atoms with Crippen LogP contribution in [0.1, 0.15) is 76.7 Å². The average Bonchev–Trinajstić information content (AvgIpc) is 3.10. The lowest BCUT2D eigenvalue weighted by molar-refractivity contribution is -0.138. The molecule has 0 aromatic heterocycles. The van der Waals surface area contributed by atoms with Crippen molar-refractivity contribution in [1.82, 2.24) is 5.32 Å². The third kappa shape index (κ3) is 2.64. The Morgan fingerprint density at radius 2 is 1.93 bits per heavy atom. The van der Waals surface area contributed by atoms with Crippen molar-refractivity contribution in [2.75, 3.05) is 7.11 Å². The van der Waals surface area contributed by atoms with Gasteiger partial charge >= 0.3 is 0 Å². The summed E-state index contributed by atoms with van der Waals surface area (Å²) in [7, 11) is 1.70. The van der Waals surface area contributed by atoms with E-state index in [2.05, 4.69) is 31.3 Å². The van der Waals surface area contributed by atoms with E-state index in [0.717, 1.165) is 35.5 Å². The predicted molar refractivity (Wildman–Crippen MR) is 111 cm³/mol. The Bertz CT molecular complexity index is 776. The summed E-state index contributed by atoms with van der Waals surface area (Å²) in [6.45, 7) is 5.07. The van der Waals surface area contributed by atoms with E-state index in [1.54, 1.807) is 7.11 Å². The summed E-state index contributed by atoms with van der Waals surface area (Å²) in [5.74, 6) is 3.55. The first-order chi connectivity index (χ1) is 13.4. The van der Waals surface area contributed by atoms with Gasteiger partial charge in [-0.2, -0.15) is 0 Å². The minimum Gasteiger partial charge on any atom is -0.497 e. The van der Waals surface area contributed by atoms with Crippen molar-refractivity contribution in [2.45, 2.75) is 77.2 Å². The molecule has 3 aliphatic carbocycles. The molecule has 1 unspecified atom stereocenters. The molecule has 152 valence electrons. The third-order valence-corrected chi connectivity index (χ3v) is 9.42. The number of nitrogens with one attached hydrogen (secondary N) is 1. The van der Waals surface area contributed by atoms with Gasteiger partial charge in [0.05, 0.1) is 13.0 Å². The van der Waals surface area contributed by atoms with Crippen molar-refractivity contribution in [2.24, 2.45) is 28.6 Å². The summed E-state index contributed by atoms with van der Waals surface area (Å²) < 4.78 is 5.43. The maximum absolute atomic E-state index is 13.0. The lowest BCUT2D eigenvalue weighted by Crippen LogP contribution is -2.62. The van der Waals surface area contributed by atoms with Gasteiger partial charge in [-0.25, -0.2) is 0 Å². The third-order valence-electron chi connectivity index (χ3n) is 9.42. The monoisotopic (exact) mass is 381 g/mol. The molecule has 0 spiro atoms. The van der Waals surface area contributed by atoms with Crippen LogP contribution in [0.25, 0.3) is 0 Å². The average molecular weight is 382 g/mol. The Balaban J connectivity index is 1.46. The first-order valence-electron chi connectivity index (χ1n) is 11.4. The zero-order valence-corrected chi connectivity index (χ0v) is 17.7. The van der Waals surface area contributed by atoms with Gasteiger partial charge in [0.2, 0.25) is 5.91 Å². The van der Waals surface area contributed by atoms with Gasteiger partial charge in [-0.1, -0.05) is 32.4 Å². The van der Waals surface area contributed by atoms with Crippen molar-refractivity contribution >= 4 is 5.91 Å². The number of hydrogen-bond acceptors (Lipinski definition) is 2. The zero-order valence-electron chi connectivity index (χ0n) is 17.7. The molecule has 3 heteroatoms. The number of rotatable bonds is 2. The van der Waals surface area contributed by atoms with Gasteiger partial charge in [-0.05, 0) is 91.2 Å². The van der Waals surface area contributed by atoms with Crippen molar-refractivity contribution < 1.29 is 9.53 Å². The van der Waals surface area contributed by atoms with Gasteiger partial charge in [0.25, 0.3) is 0 Å². The zero-order chi connectivity index (χ0) is 19.5. The Labute approximate surface area is 169 Å². The van der Waals surface area contributed by atoms with Crippen molar-refractivity contribution in [3.63, 3.8) is 0 Å². The molecule has 4 fully saturated rings. The number of hydrogen-bond donors (Lipinski definition) is 1. The fourth-order valence-electron chi connectivity index (χ4n) is 7.91. The van der Waals surface area contributed by atoms with E-state index >= 15 is 0 Å². The van der Waals surface area contributed by atoms with Crippen LogP contribution in [0.4, 0.5) is 0 Å². The van der Waals surface area contributed by atoms with E-state index < -0.39 is 0 Å². The number of amides is 1. The van der Waals surface area contributed by atoms with Crippen LogP contribution in [-0.4, -0.2) is 19.1 Å². The summed E-state index contributed by atoms with van der Waals surface area (Å²) in [5.41, 5.74) is 1.92. The second-order valence-electron chi connectivity index (χ2n) is 10.6. The molecular weight excluding hydrogens is 346 g/mol. The maximum atomic E-state index is 13.0. The largest absolute Gasteiger partial charge is 0.497 e. The van der Waals surface area contributed by atoms with Crippen molar-refractivity contribution in [1.29, 1.82) is 0 Å². The number of ether oxygens (including phenoxy) is 1. The van der Waals surface area contributed by atoms with E-state index in [9.17, 15) is 4.79 Å². The SMILES string of the molecule is COc1cccc(C2C[C@@]3(C)[C@@H](CC[C@H]4[C@@H]5CCC[C@@]5(C)CC[C@@H]43)NC2=O)c1. The molecule has 0 bridgehead atoms. The van der Waals surface area contributed by atoms with Gasteiger partial charge in [0, 0.05) is 6.04 Å². The molecule has 1 aliphatic heterocycles. The lowest BCUT2D eigenvalue weighted by atomic mass is 9.47. The molecular formula is C25H35NO2. The molecule has 5 rings (SSSR count). The molecule has 3 saturated carbocycles. The van der Waals surface area contributed by atoms with Crippen LogP contribution >= 0.6 is 0 Å². The van der Waals surface area contributed by atoms with Crippen molar-refractivity contribution in [3.05, 3.63) is 29.8 Å². The summed E-state index contributed by atoms with van der Waals surface area (Å²) in [6, 6.07) is 8.50. The maximum Gasteiger partial charge on any atom is 0.227 e. The molecule has 0 radical (unpaired) electrons. The van der Waals surface area contributed by atoms with E-state index in [0.29, 0.717) is 11.5 Å². The molecule has 1 aromatic carbocycles. The minimum atomic E-state index is -0.0491. The van der Waals surface area contributed by atoms with E-state index in [-0.39, 0.29) is 17.2 Å². The van der Waals surface area contributed by atoms with Crippen molar-refractivity contribution in [3.8, 4) is 5.75 Å². The lowest BCUT2D eigenvalue weighted by Gasteiger charge is -2.60. The molecule has 1 amide bonds. The smallest absolute Gasteiger partial charge is 0.227 e. The van der Waals surface area contributed by atoms with Crippen LogP contribution in [0, 0.1) is 28.6 Å². The van der Waals surface area contributed by atoms with Gasteiger partial charge in [0.1, 0.15) is 5.75 Å². The quantitative estimate of drug-likeness (QED) is 0.755. The van der Waals surface area contributed by atoms with Gasteiger partial charge in [-0.3, -0.25) is 4.79 Å². The molecule has 3 nitrogen and oxygen atoms in total. The molecule has 1 saturated heterocycles. The Hall–Kier alpha value is -1.51. The second kappa shape index (κ2) is 6.50. The number of piperidine rings is 1. The Morgan fingerprint density at radius 3 is 2.75 bits per heavy atom. The number of methoxy groups -OCH3 is 1. The Kier molecular flexibility index (Phi) is 4.30. The van der Waals surface area contributed by atoms with E-state index in [1.807, 2.05) is 12.1 Å². The molecule has 1 aromatic rings. The fourth-order valence-corrected chi connectivity index (χ4v) is 7.91. The number of benzene rings is 1. The standard InChI is InChI=1S/C25H35NO2/c1-24-12-5-8-20(24)18-9-10-22-25(2,21(18)11-13-24)15-19(23(27)26-22)16-6-4-7-17(14-16)28-3/h4,6-7,14,18-22H,5,8-13,15H2,1-3H3,(H,26,27)/t18-,19?,20-,21-,22+,24-,25+/m0/s1. The highest BCUT2D eigenvalue weighted by Crippen LogP contribution is 2.64. The summed E-state index contributed by atoms with van der Waals surface area (Å²) in [5, 5.41) is 3.47. The first kappa shape index (κ1) is 18.5. The minimum absolute atomic E-state index is 0.0491. The summed E-state index contributed by atoms with van der Waals surface area (Å²) in [6.07, 6.45) is 10.5. The number of fused-ring (bicyclic) bond motifs is 5. The van der Waals surface area contributed by atoms with Crippen LogP contribution in [0.2, 0.25) is 0 Å².